The molecule has 17 heavy (non-hydrogen) atoms. The van der Waals surface area contributed by atoms with E-state index in [2.05, 4.69) is 5.32 Å². The van der Waals surface area contributed by atoms with E-state index in [1.807, 2.05) is 18.2 Å². The van der Waals surface area contributed by atoms with Gasteiger partial charge < -0.3 is 5.32 Å². The van der Waals surface area contributed by atoms with Crippen molar-refractivity contribution >= 4 is 5.69 Å². The van der Waals surface area contributed by atoms with Gasteiger partial charge in [-0.2, -0.15) is 0 Å². The van der Waals surface area contributed by atoms with Crippen LogP contribution in [0.3, 0.4) is 0 Å². The zero-order chi connectivity index (χ0) is 11.8. The van der Waals surface area contributed by atoms with Crippen molar-refractivity contribution in [1.82, 2.24) is 0 Å². The molecule has 1 aliphatic heterocycles. The Morgan fingerprint density at radius 1 is 1.00 bits per heavy atom. The maximum atomic E-state index is 13.2. The number of halogens is 2. The minimum atomic E-state index is -0.806. The molecule has 1 N–H and O–H groups in total. The second kappa shape index (κ2) is 3.84. The quantitative estimate of drug-likeness (QED) is 0.790. The highest BCUT2D eigenvalue weighted by molar-refractivity contribution is 5.75. The Labute approximate surface area is 98.1 Å². The highest BCUT2D eigenvalue weighted by Crippen LogP contribution is 2.33. The van der Waals surface area contributed by atoms with Crippen LogP contribution in [0.1, 0.15) is 5.56 Å². The van der Waals surface area contributed by atoms with E-state index in [9.17, 15) is 8.78 Å². The predicted molar refractivity (Wildman–Crippen MR) is 64.0 cm³/mol. The van der Waals surface area contributed by atoms with Gasteiger partial charge in [-0.05, 0) is 41.3 Å². The summed E-state index contributed by atoms with van der Waals surface area (Å²) in [5, 5.41) is 3.27. The van der Waals surface area contributed by atoms with Gasteiger partial charge in [0, 0.05) is 12.2 Å². The third-order valence-corrected chi connectivity index (χ3v) is 3.10. The lowest BCUT2D eigenvalue weighted by molar-refractivity contribution is 0.509. The fourth-order valence-corrected chi connectivity index (χ4v) is 2.28. The van der Waals surface area contributed by atoms with Crippen molar-refractivity contribution in [1.29, 1.82) is 0 Å². The first-order valence-corrected chi connectivity index (χ1v) is 5.57. The van der Waals surface area contributed by atoms with Gasteiger partial charge in [-0.15, -0.1) is 0 Å². The molecule has 0 unspecified atom stereocenters. The van der Waals surface area contributed by atoms with Gasteiger partial charge in [0.2, 0.25) is 0 Å². The highest BCUT2D eigenvalue weighted by Gasteiger charge is 2.15. The highest BCUT2D eigenvalue weighted by atomic mass is 19.2. The van der Waals surface area contributed by atoms with Crippen LogP contribution in [-0.2, 0) is 6.42 Å². The fraction of sp³-hybridized carbons (Fsp3) is 0.143. The summed E-state index contributed by atoms with van der Waals surface area (Å²) in [4.78, 5) is 0. The molecule has 0 amide bonds. The number of rotatable bonds is 1. The maximum Gasteiger partial charge on any atom is 0.159 e. The lowest BCUT2D eigenvalue weighted by atomic mass is 9.98. The molecular formula is C14H11F2N. The molecule has 1 heterocycles. The van der Waals surface area contributed by atoms with E-state index in [4.69, 9.17) is 0 Å². The molecule has 1 aliphatic rings. The van der Waals surface area contributed by atoms with Crippen molar-refractivity contribution in [3.8, 4) is 11.1 Å². The summed E-state index contributed by atoms with van der Waals surface area (Å²) in [6, 6.07) is 9.92. The molecule has 2 aromatic rings. The molecule has 1 nitrogen and oxygen atoms in total. The molecule has 0 saturated heterocycles. The first kappa shape index (κ1) is 10.3. The van der Waals surface area contributed by atoms with Gasteiger partial charge in [-0.3, -0.25) is 0 Å². The van der Waals surface area contributed by atoms with Crippen molar-refractivity contribution in [2.75, 3.05) is 11.9 Å². The standard InChI is InChI=1S/C14H11F2N/c15-12-5-4-9(8-13(12)16)10-2-1-3-14-11(10)6-7-17-14/h1-5,8,17H,6-7H2. The molecular weight excluding hydrogens is 220 g/mol. The smallest absolute Gasteiger partial charge is 0.159 e. The predicted octanol–water partition coefficient (Wildman–Crippen LogP) is 3.60. The number of fused-ring (bicyclic) bond motifs is 1. The molecule has 0 aromatic heterocycles. The van der Waals surface area contributed by atoms with Crippen LogP contribution in [0.2, 0.25) is 0 Å². The van der Waals surface area contributed by atoms with Crippen LogP contribution in [0.4, 0.5) is 14.5 Å². The minimum Gasteiger partial charge on any atom is -0.384 e. The van der Waals surface area contributed by atoms with Gasteiger partial charge in [0.05, 0.1) is 0 Å². The van der Waals surface area contributed by atoms with Crippen molar-refractivity contribution in [3.05, 3.63) is 53.6 Å². The maximum absolute atomic E-state index is 13.2. The Hall–Kier alpha value is -1.90. The normalized spacial score (nSPS) is 13.3. The van der Waals surface area contributed by atoms with E-state index in [-0.39, 0.29) is 0 Å². The molecule has 2 aromatic carbocycles. The van der Waals surface area contributed by atoms with E-state index >= 15 is 0 Å². The summed E-state index contributed by atoms with van der Waals surface area (Å²) < 4.78 is 26.1. The van der Waals surface area contributed by atoms with Gasteiger partial charge in [0.25, 0.3) is 0 Å². The first-order valence-electron chi connectivity index (χ1n) is 5.57. The molecule has 0 radical (unpaired) electrons. The number of hydrogen-bond donors (Lipinski definition) is 1. The lowest BCUT2D eigenvalue weighted by Gasteiger charge is -2.08. The van der Waals surface area contributed by atoms with Crippen molar-refractivity contribution < 1.29 is 8.78 Å². The van der Waals surface area contributed by atoms with Crippen molar-refractivity contribution in [2.24, 2.45) is 0 Å². The van der Waals surface area contributed by atoms with E-state index in [0.29, 0.717) is 0 Å². The second-order valence-electron chi connectivity index (χ2n) is 4.14. The number of nitrogens with one attached hydrogen (secondary N) is 1. The van der Waals surface area contributed by atoms with E-state index in [0.717, 1.165) is 29.8 Å². The third-order valence-electron chi connectivity index (χ3n) is 3.10. The molecule has 0 fully saturated rings. The molecule has 0 atom stereocenters. The molecule has 0 bridgehead atoms. The summed E-state index contributed by atoms with van der Waals surface area (Å²) in [5.74, 6) is -1.61. The first-order chi connectivity index (χ1) is 8.25. The summed E-state index contributed by atoms with van der Waals surface area (Å²) in [6.07, 6.45) is 0.921. The minimum absolute atomic E-state index is 0.726. The zero-order valence-electron chi connectivity index (χ0n) is 9.13. The Balaban J connectivity index is 2.15. The summed E-state index contributed by atoms with van der Waals surface area (Å²) >= 11 is 0. The second-order valence-corrected chi connectivity index (χ2v) is 4.14. The molecule has 0 aliphatic carbocycles. The number of hydrogen-bond acceptors (Lipinski definition) is 1. The summed E-state index contributed by atoms with van der Waals surface area (Å²) in [6.45, 7) is 0.899. The SMILES string of the molecule is Fc1ccc(-c2cccc3c2CCN3)cc1F. The Bertz CT molecular complexity index is 578. The van der Waals surface area contributed by atoms with Crippen LogP contribution in [0.15, 0.2) is 36.4 Å². The lowest BCUT2D eigenvalue weighted by Crippen LogP contribution is -1.90. The van der Waals surface area contributed by atoms with E-state index < -0.39 is 11.6 Å². The fourth-order valence-electron chi connectivity index (χ4n) is 2.28. The van der Waals surface area contributed by atoms with Crippen LogP contribution in [0, 0.1) is 11.6 Å². The van der Waals surface area contributed by atoms with Gasteiger partial charge >= 0.3 is 0 Å². The zero-order valence-corrected chi connectivity index (χ0v) is 9.13. The molecule has 3 heteroatoms. The van der Waals surface area contributed by atoms with Crippen LogP contribution >= 0.6 is 0 Å². The molecule has 0 saturated carbocycles. The van der Waals surface area contributed by atoms with E-state index in [1.54, 1.807) is 6.07 Å². The van der Waals surface area contributed by atoms with Crippen LogP contribution < -0.4 is 5.32 Å². The third kappa shape index (κ3) is 1.68. The van der Waals surface area contributed by atoms with Gasteiger partial charge in [-0.25, -0.2) is 8.78 Å². The van der Waals surface area contributed by atoms with Gasteiger partial charge in [-0.1, -0.05) is 18.2 Å². The summed E-state index contributed by atoms with van der Waals surface area (Å²) in [5.41, 5.74) is 3.97. The topological polar surface area (TPSA) is 12.0 Å². The molecule has 3 rings (SSSR count). The number of benzene rings is 2. The van der Waals surface area contributed by atoms with E-state index in [1.165, 1.54) is 17.7 Å². The average Bonchev–Trinajstić information content (AvgIpc) is 2.80. The molecule has 0 spiro atoms. The van der Waals surface area contributed by atoms with Crippen molar-refractivity contribution in [3.63, 3.8) is 0 Å². The molecule has 86 valence electrons. The van der Waals surface area contributed by atoms with Crippen LogP contribution in [0.5, 0.6) is 0 Å². The largest absolute Gasteiger partial charge is 0.384 e. The average molecular weight is 231 g/mol. The number of anilines is 1. The van der Waals surface area contributed by atoms with Gasteiger partial charge in [0.15, 0.2) is 11.6 Å². The van der Waals surface area contributed by atoms with Gasteiger partial charge in [0.1, 0.15) is 0 Å². The van der Waals surface area contributed by atoms with Crippen molar-refractivity contribution in [2.45, 2.75) is 6.42 Å². The monoisotopic (exact) mass is 231 g/mol. The van der Waals surface area contributed by atoms with Crippen LogP contribution in [0.25, 0.3) is 11.1 Å². The van der Waals surface area contributed by atoms with Crippen LogP contribution in [-0.4, -0.2) is 6.54 Å². The Morgan fingerprint density at radius 3 is 2.71 bits per heavy atom. The Morgan fingerprint density at radius 2 is 1.88 bits per heavy atom. The summed E-state index contributed by atoms with van der Waals surface area (Å²) in [7, 11) is 0. The Kier molecular flexibility index (Phi) is 2.32.